The molecule has 0 spiro atoms. The minimum atomic E-state index is -4.68. The zero-order valence-electron chi connectivity index (χ0n) is 14.2. The Morgan fingerprint density at radius 3 is 2.40 bits per heavy atom. The number of hydrogen-bond donors (Lipinski definition) is 1. The summed E-state index contributed by atoms with van der Waals surface area (Å²) < 4.78 is 40.7. The molecule has 0 radical (unpaired) electrons. The number of alkyl halides is 3. The Hall–Kier alpha value is -1.74. The normalized spacial score (nSPS) is 28.2. The molecule has 0 aliphatic heterocycles. The van der Waals surface area contributed by atoms with Crippen molar-refractivity contribution in [2.75, 3.05) is 0 Å². The summed E-state index contributed by atoms with van der Waals surface area (Å²) in [5, 5.41) is 13.2. The van der Waals surface area contributed by atoms with Crippen molar-refractivity contribution in [2.24, 2.45) is 11.8 Å². The molecule has 2 saturated carbocycles. The molecule has 0 amide bonds. The lowest BCUT2D eigenvalue weighted by atomic mass is 9.74. The molecule has 0 bridgehead atoms. The van der Waals surface area contributed by atoms with Gasteiger partial charge in [0, 0.05) is 12.1 Å². The first kappa shape index (κ1) is 18.1. The molecule has 6 heteroatoms. The minimum Gasteiger partial charge on any atom is -0.406 e. The van der Waals surface area contributed by atoms with Crippen LogP contribution in [0, 0.1) is 23.2 Å². The van der Waals surface area contributed by atoms with Crippen LogP contribution in [0.15, 0.2) is 24.3 Å². The van der Waals surface area contributed by atoms with Gasteiger partial charge in [0.05, 0.1) is 12.0 Å². The van der Waals surface area contributed by atoms with E-state index in [9.17, 15) is 18.4 Å². The Morgan fingerprint density at radius 1 is 1.16 bits per heavy atom. The van der Waals surface area contributed by atoms with Gasteiger partial charge >= 0.3 is 6.36 Å². The molecule has 1 aromatic carbocycles. The number of halogens is 3. The molecular weight excluding hydrogens is 329 g/mol. The lowest BCUT2D eigenvalue weighted by Crippen LogP contribution is -2.42. The molecule has 3 nitrogen and oxygen atoms in total. The minimum absolute atomic E-state index is 0.0687. The van der Waals surface area contributed by atoms with Crippen molar-refractivity contribution in [3.8, 4) is 11.8 Å². The fourth-order valence-corrected chi connectivity index (χ4v) is 3.88. The molecule has 3 rings (SSSR count). The molecular formula is C19H23F3N2O. The third-order valence-electron chi connectivity index (χ3n) is 5.39. The highest BCUT2D eigenvalue weighted by atomic mass is 19.4. The molecule has 1 aromatic rings. The molecule has 0 aromatic heterocycles. The van der Waals surface area contributed by atoms with Gasteiger partial charge in [0.1, 0.15) is 5.75 Å². The molecule has 0 saturated heterocycles. The second kappa shape index (κ2) is 7.25. The first-order chi connectivity index (χ1) is 11.9. The maximum absolute atomic E-state index is 12.2. The van der Waals surface area contributed by atoms with E-state index < -0.39 is 6.36 Å². The van der Waals surface area contributed by atoms with Crippen LogP contribution in [0.4, 0.5) is 13.2 Å². The topological polar surface area (TPSA) is 45.0 Å². The van der Waals surface area contributed by atoms with Crippen molar-refractivity contribution < 1.29 is 17.9 Å². The van der Waals surface area contributed by atoms with Crippen molar-refractivity contribution in [2.45, 2.75) is 63.4 Å². The number of nitrogens with one attached hydrogen (secondary N) is 1. The maximum Gasteiger partial charge on any atom is 0.573 e. The highest BCUT2D eigenvalue weighted by molar-refractivity contribution is 5.31. The van der Waals surface area contributed by atoms with Gasteiger partial charge in [0.15, 0.2) is 0 Å². The molecule has 25 heavy (non-hydrogen) atoms. The number of benzene rings is 1. The predicted octanol–water partition coefficient (Wildman–Crippen LogP) is 4.75. The lowest BCUT2D eigenvalue weighted by Gasteiger charge is -2.35. The van der Waals surface area contributed by atoms with Crippen molar-refractivity contribution >= 4 is 0 Å². The molecule has 2 aliphatic carbocycles. The SMILES string of the molecule is CC(NC1CCC(c2ccc(OC(F)(F)F)cc2)C(C#N)C1)C1CC1. The second-order valence-electron chi connectivity index (χ2n) is 7.26. The smallest absolute Gasteiger partial charge is 0.406 e. The Bertz CT molecular complexity index is 619. The van der Waals surface area contributed by atoms with Crippen LogP contribution in [0.1, 0.15) is 50.5 Å². The van der Waals surface area contributed by atoms with Gasteiger partial charge in [-0.15, -0.1) is 13.2 Å². The third-order valence-corrected chi connectivity index (χ3v) is 5.39. The number of rotatable bonds is 5. The van der Waals surface area contributed by atoms with Gasteiger partial charge in [0.2, 0.25) is 0 Å². The Labute approximate surface area is 146 Å². The van der Waals surface area contributed by atoms with E-state index in [4.69, 9.17) is 0 Å². The fourth-order valence-electron chi connectivity index (χ4n) is 3.88. The fraction of sp³-hybridized carbons (Fsp3) is 0.632. The molecule has 4 unspecified atom stereocenters. The number of nitriles is 1. The van der Waals surface area contributed by atoms with Gasteiger partial charge in [-0.1, -0.05) is 12.1 Å². The second-order valence-corrected chi connectivity index (χ2v) is 7.26. The van der Waals surface area contributed by atoms with Gasteiger partial charge in [-0.3, -0.25) is 0 Å². The highest BCUT2D eigenvalue weighted by Gasteiger charge is 2.35. The summed E-state index contributed by atoms with van der Waals surface area (Å²) >= 11 is 0. The van der Waals surface area contributed by atoms with E-state index in [1.54, 1.807) is 12.1 Å². The van der Waals surface area contributed by atoms with E-state index in [1.165, 1.54) is 25.0 Å². The molecule has 136 valence electrons. The summed E-state index contributed by atoms with van der Waals surface area (Å²) in [6, 6.07) is 9.21. The number of nitrogens with zero attached hydrogens (tertiary/aromatic N) is 1. The van der Waals surface area contributed by atoms with E-state index in [0.717, 1.165) is 30.7 Å². The summed E-state index contributed by atoms with van der Waals surface area (Å²) in [5.41, 5.74) is 0.912. The largest absolute Gasteiger partial charge is 0.573 e. The molecule has 4 atom stereocenters. The van der Waals surface area contributed by atoms with Crippen molar-refractivity contribution in [3.05, 3.63) is 29.8 Å². The summed E-state index contributed by atoms with van der Waals surface area (Å²) in [4.78, 5) is 0. The summed E-state index contributed by atoms with van der Waals surface area (Å²) in [6.07, 6.45) is 0.542. The van der Waals surface area contributed by atoms with E-state index >= 15 is 0 Å². The Kier molecular flexibility index (Phi) is 5.24. The van der Waals surface area contributed by atoms with Crippen molar-refractivity contribution in [1.82, 2.24) is 5.32 Å². The van der Waals surface area contributed by atoms with Crippen LogP contribution in [0.25, 0.3) is 0 Å². The summed E-state index contributed by atoms with van der Waals surface area (Å²) in [7, 11) is 0. The first-order valence-electron chi connectivity index (χ1n) is 8.87. The number of ether oxygens (including phenoxy) is 1. The van der Waals surface area contributed by atoms with Crippen LogP contribution < -0.4 is 10.1 Å². The standard InChI is InChI=1S/C19H23F3N2O/c1-12(13-2-3-13)24-16-6-9-18(15(10-16)11-23)14-4-7-17(8-5-14)25-19(20,21)22/h4-5,7-8,12-13,15-16,18,24H,2-3,6,9-10H2,1H3. The lowest BCUT2D eigenvalue weighted by molar-refractivity contribution is -0.274. The zero-order valence-corrected chi connectivity index (χ0v) is 14.2. The van der Waals surface area contributed by atoms with Crippen LogP contribution in [-0.4, -0.2) is 18.4 Å². The monoisotopic (exact) mass is 352 g/mol. The van der Waals surface area contributed by atoms with Gasteiger partial charge in [0.25, 0.3) is 0 Å². The van der Waals surface area contributed by atoms with Gasteiger partial charge in [-0.2, -0.15) is 5.26 Å². The summed E-state index contributed by atoms with van der Waals surface area (Å²) in [6.45, 7) is 2.21. The molecule has 1 N–H and O–H groups in total. The molecule has 2 fully saturated rings. The van der Waals surface area contributed by atoms with Crippen LogP contribution in [0.2, 0.25) is 0 Å². The van der Waals surface area contributed by atoms with Crippen LogP contribution in [0.3, 0.4) is 0 Å². The van der Waals surface area contributed by atoms with Crippen LogP contribution in [-0.2, 0) is 0 Å². The zero-order chi connectivity index (χ0) is 18.0. The van der Waals surface area contributed by atoms with Crippen LogP contribution in [0.5, 0.6) is 5.75 Å². The molecule has 0 heterocycles. The third kappa shape index (κ3) is 4.88. The van der Waals surface area contributed by atoms with Crippen molar-refractivity contribution in [1.29, 1.82) is 5.26 Å². The van der Waals surface area contributed by atoms with E-state index in [-0.39, 0.29) is 17.6 Å². The van der Waals surface area contributed by atoms with Crippen molar-refractivity contribution in [3.63, 3.8) is 0 Å². The van der Waals surface area contributed by atoms with Gasteiger partial charge < -0.3 is 10.1 Å². The summed E-state index contributed by atoms with van der Waals surface area (Å²) in [5.74, 6) is 0.504. The average molecular weight is 352 g/mol. The Balaban J connectivity index is 1.61. The van der Waals surface area contributed by atoms with Gasteiger partial charge in [-0.25, -0.2) is 0 Å². The highest BCUT2D eigenvalue weighted by Crippen LogP contribution is 2.39. The van der Waals surface area contributed by atoms with Crippen LogP contribution >= 0.6 is 0 Å². The maximum atomic E-state index is 12.2. The number of hydrogen-bond acceptors (Lipinski definition) is 3. The van der Waals surface area contributed by atoms with E-state index in [0.29, 0.717) is 12.1 Å². The first-order valence-corrected chi connectivity index (χ1v) is 8.87. The average Bonchev–Trinajstić information content (AvgIpc) is 3.39. The quantitative estimate of drug-likeness (QED) is 0.832. The van der Waals surface area contributed by atoms with E-state index in [1.807, 2.05) is 0 Å². The van der Waals surface area contributed by atoms with Gasteiger partial charge in [-0.05, 0) is 68.6 Å². The Morgan fingerprint density at radius 2 is 1.84 bits per heavy atom. The predicted molar refractivity (Wildman–Crippen MR) is 87.9 cm³/mol. The molecule has 2 aliphatic rings. The van der Waals surface area contributed by atoms with E-state index in [2.05, 4.69) is 23.0 Å².